The minimum atomic E-state index is -1.04. The number of hydrogen-bond acceptors (Lipinski definition) is 11. The third kappa shape index (κ3) is 8.21. The summed E-state index contributed by atoms with van der Waals surface area (Å²) in [6.45, 7) is 22.4. The molecule has 0 spiro atoms. The van der Waals surface area contributed by atoms with Gasteiger partial charge in [0.05, 0.1) is 35.6 Å². The number of ketones is 2. The van der Waals surface area contributed by atoms with E-state index in [-0.39, 0.29) is 64.4 Å². The van der Waals surface area contributed by atoms with Gasteiger partial charge in [-0.15, -0.1) is 0 Å². The molecule has 9 atom stereocenters. The van der Waals surface area contributed by atoms with Gasteiger partial charge in [-0.25, -0.2) is 29.6 Å². The first kappa shape index (κ1) is 49.8. The standard InChI is InChI=1S/2C21H18N4O2.C17H18N2O2/c2*1-14-16-9-11-25(18-8-10-23-13-24-18)20(27)21(16,12-17(22-2)19(14)26)15-6-4-3-5-7-15;1-11-14-7-8-18-16(20)17(14,13-5-3-2-4-6-13)9-12-10-19-21-15(11)12/h2*3-8,10,12-14,16H,9,11H2,1H3;2-6,10-11,14H,7-9H2,1H3,(H,18,20)/t2*14-,16-,21+;11-,14-,17+/m100/s1. The van der Waals surface area contributed by atoms with Crippen LogP contribution in [0.3, 0.4) is 0 Å². The van der Waals surface area contributed by atoms with Gasteiger partial charge in [0, 0.05) is 55.3 Å². The van der Waals surface area contributed by atoms with E-state index >= 15 is 0 Å². The number of nitrogens with zero attached hydrogens (tertiary/aromatic N) is 9. The van der Waals surface area contributed by atoms with Crippen molar-refractivity contribution in [2.45, 2.75) is 68.6 Å². The van der Waals surface area contributed by atoms with E-state index in [0.29, 0.717) is 44.0 Å². The highest BCUT2D eigenvalue weighted by Crippen LogP contribution is 2.53. The number of nitrogens with one attached hydrogen (secondary N) is 1. The van der Waals surface area contributed by atoms with E-state index in [4.69, 9.17) is 17.7 Å². The number of Topliss-reactive ketones (excluding diaryl/α,β-unsaturated/α-hetero) is 2. The van der Waals surface area contributed by atoms with Crippen molar-refractivity contribution in [1.82, 2.24) is 30.4 Å². The molecule has 376 valence electrons. The molecule has 3 aromatic carbocycles. The van der Waals surface area contributed by atoms with E-state index in [2.05, 4.69) is 59.2 Å². The second-order valence-corrected chi connectivity index (χ2v) is 20.1. The molecule has 0 bridgehead atoms. The number of anilines is 2. The monoisotopic (exact) mass is 998 g/mol. The van der Waals surface area contributed by atoms with Gasteiger partial charge in [-0.3, -0.25) is 24.2 Å². The predicted octanol–water partition coefficient (Wildman–Crippen LogP) is 7.99. The van der Waals surface area contributed by atoms with Crippen molar-refractivity contribution >= 4 is 40.9 Å². The van der Waals surface area contributed by atoms with E-state index in [1.807, 2.05) is 92.7 Å². The Morgan fingerprint density at radius 3 is 1.51 bits per heavy atom. The number of amides is 3. The Morgan fingerprint density at radius 1 is 0.600 bits per heavy atom. The van der Waals surface area contributed by atoms with Crippen LogP contribution >= 0.6 is 0 Å². The van der Waals surface area contributed by atoms with Crippen LogP contribution < -0.4 is 15.1 Å². The van der Waals surface area contributed by atoms with Crippen molar-refractivity contribution in [2.24, 2.45) is 29.6 Å². The molecule has 75 heavy (non-hydrogen) atoms. The number of hydrogen-bond donors (Lipinski definition) is 1. The lowest BCUT2D eigenvalue weighted by atomic mass is 9.56. The number of fused-ring (bicyclic) bond motifs is 4. The number of benzene rings is 3. The largest absolute Gasteiger partial charge is 0.361 e. The Balaban J connectivity index is 0.000000129. The summed E-state index contributed by atoms with van der Waals surface area (Å²) >= 11 is 0. The number of aromatic nitrogens is 5. The zero-order valence-electron chi connectivity index (χ0n) is 41.7. The number of carbonyl (C=O) groups is 5. The maximum Gasteiger partial charge on any atom is 0.241 e. The summed E-state index contributed by atoms with van der Waals surface area (Å²) in [5.74, 6) is 0.820. The zero-order valence-corrected chi connectivity index (χ0v) is 41.7. The van der Waals surface area contributed by atoms with E-state index in [0.717, 1.165) is 41.0 Å². The lowest BCUT2D eigenvalue weighted by Gasteiger charge is -2.49. The lowest BCUT2D eigenvalue weighted by molar-refractivity contribution is -0.133. The highest BCUT2D eigenvalue weighted by Gasteiger charge is 2.59. The molecule has 6 aliphatic rings. The Labute approximate surface area is 434 Å². The van der Waals surface area contributed by atoms with Crippen molar-refractivity contribution in [3.05, 3.63) is 209 Å². The second kappa shape index (κ2) is 20.3. The molecule has 12 rings (SSSR count). The molecule has 6 aromatic rings. The van der Waals surface area contributed by atoms with Crippen molar-refractivity contribution in [3.8, 4) is 0 Å². The van der Waals surface area contributed by atoms with E-state index < -0.39 is 28.1 Å². The van der Waals surface area contributed by atoms with Gasteiger partial charge >= 0.3 is 0 Å². The van der Waals surface area contributed by atoms with Gasteiger partial charge in [-0.1, -0.05) is 129 Å². The van der Waals surface area contributed by atoms with Crippen LogP contribution in [0, 0.1) is 42.7 Å². The number of piperidine rings is 3. The molecule has 3 saturated heterocycles. The Kier molecular flexibility index (Phi) is 13.5. The lowest BCUT2D eigenvalue weighted by Crippen LogP contribution is -2.60. The molecule has 16 nitrogen and oxygen atoms in total. The van der Waals surface area contributed by atoms with Gasteiger partial charge in [0.25, 0.3) is 0 Å². The first-order valence-electron chi connectivity index (χ1n) is 25.3. The van der Waals surface area contributed by atoms with E-state index in [9.17, 15) is 24.0 Å². The summed E-state index contributed by atoms with van der Waals surface area (Å²) in [4.78, 5) is 92.2. The van der Waals surface area contributed by atoms with Gasteiger partial charge < -0.3 is 19.4 Å². The van der Waals surface area contributed by atoms with E-state index in [1.54, 1.807) is 52.7 Å². The molecule has 0 saturated carbocycles. The Hall–Kier alpha value is -8.76. The first-order chi connectivity index (χ1) is 36.4. The molecule has 3 aliphatic heterocycles. The smallest absolute Gasteiger partial charge is 0.241 e. The van der Waals surface area contributed by atoms with Crippen LogP contribution in [0.15, 0.2) is 162 Å². The molecular formula is C59H54N10O6. The second-order valence-electron chi connectivity index (χ2n) is 20.1. The summed E-state index contributed by atoms with van der Waals surface area (Å²) in [5, 5.41) is 7.03. The molecule has 3 aromatic heterocycles. The molecule has 6 heterocycles. The SMILES string of the molecule is C[C@@H]1c2oncc2C[C@]2(c3ccccc3)C(=O)NCC[C@@H]12.[C-]#[N+]C1=C[C@@]2(c3ccccc3)C(=O)N(c3ccncn3)CC[C@@H]2[C@@H](C)C1=O.[C-]#[N+]C1=C[C@]2(c3ccccc3)C(=O)N(c3ccncn3)CC[C@H]2[C@H](C)C1=O. The predicted molar refractivity (Wildman–Crippen MR) is 277 cm³/mol. The molecule has 3 fully saturated rings. The van der Waals surface area contributed by atoms with Crippen molar-refractivity contribution in [2.75, 3.05) is 29.4 Å². The molecule has 0 radical (unpaired) electrons. The normalized spacial score (nSPS) is 28.6. The van der Waals surface area contributed by atoms with Gasteiger partial charge in [0.2, 0.25) is 29.1 Å². The van der Waals surface area contributed by atoms with Gasteiger partial charge in [0.15, 0.2) is 11.6 Å². The maximum atomic E-state index is 13.8. The highest BCUT2D eigenvalue weighted by molar-refractivity contribution is 6.10. The van der Waals surface area contributed by atoms with Crippen LogP contribution in [0.1, 0.15) is 74.0 Å². The summed E-state index contributed by atoms with van der Waals surface area (Å²) < 4.78 is 5.45. The summed E-state index contributed by atoms with van der Waals surface area (Å²) in [6, 6.07) is 32.5. The fraction of sp³-hybridized carbons (Fsp3) is 0.322. The fourth-order valence-corrected chi connectivity index (χ4v) is 13.0. The van der Waals surface area contributed by atoms with Crippen LogP contribution in [-0.2, 0) is 46.6 Å². The van der Waals surface area contributed by atoms with Gasteiger partial charge in [-0.2, -0.15) is 0 Å². The molecule has 3 amide bonds. The van der Waals surface area contributed by atoms with Crippen LogP contribution in [0.4, 0.5) is 11.6 Å². The third-order valence-electron chi connectivity index (χ3n) is 16.6. The average Bonchev–Trinajstić information content (AvgIpc) is 3.94. The number of carbonyl (C=O) groups excluding carboxylic acids is 5. The van der Waals surface area contributed by atoms with Crippen molar-refractivity contribution in [3.63, 3.8) is 0 Å². The van der Waals surface area contributed by atoms with Crippen LogP contribution in [0.25, 0.3) is 9.69 Å². The fourth-order valence-electron chi connectivity index (χ4n) is 13.0. The highest BCUT2D eigenvalue weighted by atomic mass is 16.5. The third-order valence-corrected chi connectivity index (χ3v) is 16.6. The summed E-state index contributed by atoms with van der Waals surface area (Å²) in [7, 11) is 0. The average molecular weight is 999 g/mol. The van der Waals surface area contributed by atoms with Gasteiger partial charge in [0.1, 0.15) is 30.1 Å². The topological polar surface area (TPSA) is 190 Å². The molecule has 0 unspecified atom stereocenters. The Bertz CT molecular complexity index is 3140. The number of allylic oxidation sites excluding steroid dienone is 2. The minimum Gasteiger partial charge on any atom is -0.361 e. The first-order valence-corrected chi connectivity index (χ1v) is 25.3. The van der Waals surface area contributed by atoms with Crippen LogP contribution in [0.5, 0.6) is 0 Å². The molecule has 1 N–H and O–H groups in total. The molecule has 16 heteroatoms. The summed E-state index contributed by atoms with van der Waals surface area (Å²) in [6.07, 6.45) is 13.9. The Morgan fingerprint density at radius 2 is 1.07 bits per heavy atom. The minimum absolute atomic E-state index is 0.0421. The molecule has 3 aliphatic carbocycles. The van der Waals surface area contributed by atoms with E-state index in [1.165, 1.54) is 12.7 Å². The quantitative estimate of drug-likeness (QED) is 0.165. The van der Waals surface area contributed by atoms with Crippen LogP contribution in [-0.4, -0.2) is 74.0 Å². The number of rotatable bonds is 5. The summed E-state index contributed by atoms with van der Waals surface area (Å²) in [5.41, 5.74) is 1.29. The van der Waals surface area contributed by atoms with Gasteiger partial charge in [-0.05, 0) is 72.3 Å². The van der Waals surface area contributed by atoms with Crippen LogP contribution in [0.2, 0.25) is 0 Å². The van der Waals surface area contributed by atoms with Crippen molar-refractivity contribution < 1.29 is 28.5 Å². The maximum absolute atomic E-state index is 13.8. The van der Waals surface area contributed by atoms with Crippen molar-refractivity contribution in [1.29, 1.82) is 0 Å². The zero-order chi connectivity index (χ0) is 52.5. The molecular weight excluding hydrogens is 945 g/mol.